The van der Waals surface area contributed by atoms with E-state index < -0.39 is 0 Å². The minimum Gasteiger partial charge on any atom is -0.381 e. The fraction of sp³-hybridized carbons (Fsp3) is 1.00. The van der Waals surface area contributed by atoms with Crippen LogP contribution in [0, 0.1) is 17.8 Å². The summed E-state index contributed by atoms with van der Waals surface area (Å²) in [7, 11) is 0. The Labute approximate surface area is 68.3 Å². The van der Waals surface area contributed by atoms with Crippen molar-refractivity contribution >= 4 is 0 Å². The Morgan fingerprint density at radius 3 is 2.55 bits per heavy atom. The normalized spacial score (nSPS) is 41.2. The molecule has 2 aliphatic rings. The third kappa shape index (κ3) is 1.42. The van der Waals surface area contributed by atoms with E-state index in [1.54, 1.807) is 0 Å². The molecule has 1 N–H and O–H groups in total. The molecule has 1 saturated carbocycles. The van der Waals surface area contributed by atoms with E-state index in [-0.39, 0.29) is 0 Å². The highest BCUT2D eigenvalue weighted by molar-refractivity contribution is 5.05. The van der Waals surface area contributed by atoms with E-state index in [0.29, 0.717) is 0 Å². The summed E-state index contributed by atoms with van der Waals surface area (Å²) in [5.41, 5.74) is 0. The van der Waals surface area contributed by atoms with Crippen LogP contribution in [0.2, 0.25) is 0 Å². The van der Waals surface area contributed by atoms with Crippen molar-refractivity contribution in [3.63, 3.8) is 0 Å². The predicted molar refractivity (Wildman–Crippen MR) is 44.4 cm³/mol. The number of fused-ring (bicyclic) bond motifs is 1. The van der Waals surface area contributed by atoms with Crippen LogP contribution >= 0.6 is 0 Å². The van der Waals surface area contributed by atoms with Crippen LogP contribution in [0.15, 0.2) is 0 Å². The van der Waals surface area contributed by atoms with Crippen LogP contribution in [0.1, 0.15) is 13.8 Å². The average molecular weight is 155 g/mol. The molecule has 0 radical (unpaired) electrons. The number of ether oxygens (including phenoxy) is 1. The Hall–Kier alpha value is -0.0800. The molecule has 1 aliphatic heterocycles. The minimum absolute atomic E-state index is 0.775. The van der Waals surface area contributed by atoms with Gasteiger partial charge in [-0.25, -0.2) is 0 Å². The zero-order valence-corrected chi connectivity index (χ0v) is 7.34. The number of hydrogen-bond acceptors (Lipinski definition) is 2. The summed E-state index contributed by atoms with van der Waals surface area (Å²) in [6.07, 6.45) is 0. The molecule has 2 heteroatoms. The number of rotatable bonds is 3. The van der Waals surface area contributed by atoms with Crippen molar-refractivity contribution < 1.29 is 4.74 Å². The molecule has 1 aliphatic carbocycles. The lowest BCUT2D eigenvalue weighted by Crippen LogP contribution is -2.26. The Morgan fingerprint density at radius 1 is 1.36 bits per heavy atom. The van der Waals surface area contributed by atoms with E-state index in [1.165, 1.54) is 0 Å². The largest absolute Gasteiger partial charge is 0.381 e. The highest BCUT2D eigenvalue weighted by Crippen LogP contribution is 2.43. The first-order chi connectivity index (χ1) is 5.29. The van der Waals surface area contributed by atoms with Crippen LogP contribution in [-0.2, 0) is 4.74 Å². The molecule has 0 amide bonds. The van der Waals surface area contributed by atoms with Gasteiger partial charge in [0.1, 0.15) is 0 Å². The molecule has 1 saturated heterocycles. The van der Waals surface area contributed by atoms with E-state index in [0.717, 1.165) is 43.6 Å². The van der Waals surface area contributed by atoms with E-state index in [4.69, 9.17) is 4.74 Å². The van der Waals surface area contributed by atoms with Crippen LogP contribution in [-0.4, -0.2) is 25.8 Å². The molecule has 0 aromatic rings. The van der Waals surface area contributed by atoms with Gasteiger partial charge in [-0.15, -0.1) is 0 Å². The van der Waals surface area contributed by atoms with Gasteiger partial charge in [0.15, 0.2) is 0 Å². The number of nitrogens with one attached hydrogen (secondary N) is 1. The van der Waals surface area contributed by atoms with Crippen molar-refractivity contribution in [3.8, 4) is 0 Å². The van der Waals surface area contributed by atoms with Crippen molar-refractivity contribution in [2.45, 2.75) is 19.9 Å². The first kappa shape index (κ1) is 7.56. The molecule has 0 unspecified atom stereocenters. The van der Waals surface area contributed by atoms with Gasteiger partial charge in [-0.2, -0.15) is 0 Å². The molecule has 2 fully saturated rings. The van der Waals surface area contributed by atoms with Gasteiger partial charge in [-0.3, -0.25) is 0 Å². The van der Waals surface area contributed by atoms with Gasteiger partial charge in [0.2, 0.25) is 0 Å². The van der Waals surface area contributed by atoms with Crippen molar-refractivity contribution in [3.05, 3.63) is 0 Å². The summed E-state index contributed by atoms with van der Waals surface area (Å²) in [6.45, 7) is 7.67. The molecule has 0 bridgehead atoms. The Bertz CT molecular complexity index is 136. The molecular weight excluding hydrogens is 138 g/mol. The second-order valence-electron chi connectivity index (χ2n) is 4.19. The quantitative estimate of drug-likeness (QED) is 0.653. The summed E-state index contributed by atoms with van der Waals surface area (Å²) in [5, 5.41) is 3.58. The van der Waals surface area contributed by atoms with E-state index in [2.05, 4.69) is 19.2 Å². The molecule has 2 atom stereocenters. The minimum atomic E-state index is 0.775. The molecule has 1 heterocycles. The summed E-state index contributed by atoms with van der Waals surface area (Å²) >= 11 is 0. The van der Waals surface area contributed by atoms with Crippen molar-refractivity contribution in [1.29, 1.82) is 0 Å². The highest BCUT2D eigenvalue weighted by Gasteiger charge is 2.53. The Balaban J connectivity index is 1.67. The molecule has 0 aromatic heterocycles. The maximum absolute atomic E-state index is 5.30. The molecule has 64 valence electrons. The Morgan fingerprint density at radius 2 is 2.00 bits per heavy atom. The summed E-state index contributed by atoms with van der Waals surface area (Å²) in [4.78, 5) is 0. The van der Waals surface area contributed by atoms with E-state index >= 15 is 0 Å². The summed E-state index contributed by atoms with van der Waals surface area (Å²) in [6, 6.07) is 0.797. The third-order valence-corrected chi connectivity index (χ3v) is 2.71. The van der Waals surface area contributed by atoms with Gasteiger partial charge < -0.3 is 10.1 Å². The van der Waals surface area contributed by atoms with Gasteiger partial charge in [0, 0.05) is 17.9 Å². The van der Waals surface area contributed by atoms with Crippen molar-refractivity contribution in [2.24, 2.45) is 17.8 Å². The SMILES string of the molecule is CC(C)CNC1[C@@H]2COC[C@@H]12. The monoisotopic (exact) mass is 155 g/mol. The highest BCUT2D eigenvalue weighted by atomic mass is 16.5. The fourth-order valence-electron chi connectivity index (χ4n) is 1.91. The molecular formula is C9H17NO. The van der Waals surface area contributed by atoms with Crippen LogP contribution < -0.4 is 5.32 Å². The second-order valence-corrected chi connectivity index (χ2v) is 4.19. The summed E-state index contributed by atoms with van der Waals surface area (Å²) < 4.78 is 5.30. The predicted octanol–water partition coefficient (Wildman–Crippen LogP) is 0.877. The first-order valence-corrected chi connectivity index (χ1v) is 4.60. The summed E-state index contributed by atoms with van der Waals surface area (Å²) in [5.74, 6) is 2.49. The zero-order valence-electron chi connectivity index (χ0n) is 7.34. The average Bonchev–Trinajstić information content (AvgIpc) is 2.44. The van der Waals surface area contributed by atoms with E-state index in [9.17, 15) is 0 Å². The Kier molecular flexibility index (Phi) is 1.90. The van der Waals surface area contributed by atoms with Crippen LogP contribution in [0.5, 0.6) is 0 Å². The maximum atomic E-state index is 5.30. The van der Waals surface area contributed by atoms with Crippen LogP contribution in [0.4, 0.5) is 0 Å². The van der Waals surface area contributed by atoms with Crippen LogP contribution in [0.3, 0.4) is 0 Å². The van der Waals surface area contributed by atoms with Gasteiger partial charge in [-0.1, -0.05) is 13.8 Å². The topological polar surface area (TPSA) is 21.3 Å². The lowest BCUT2D eigenvalue weighted by atomic mass is 10.2. The first-order valence-electron chi connectivity index (χ1n) is 4.60. The van der Waals surface area contributed by atoms with Crippen molar-refractivity contribution in [2.75, 3.05) is 19.8 Å². The van der Waals surface area contributed by atoms with Gasteiger partial charge in [-0.05, 0) is 12.5 Å². The molecule has 11 heavy (non-hydrogen) atoms. The fourth-order valence-corrected chi connectivity index (χ4v) is 1.91. The second kappa shape index (κ2) is 2.76. The van der Waals surface area contributed by atoms with Crippen LogP contribution in [0.25, 0.3) is 0 Å². The maximum Gasteiger partial charge on any atom is 0.0513 e. The smallest absolute Gasteiger partial charge is 0.0513 e. The number of hydrogen-bond donors (Lipinski definition) is 1. The van der Waals surface area contributed by atoms with E-state index in [1.807, 2.05) is 0 Å². The van der Waals surface area contributed by atoms with Gasteiger partial charge >= 0.3 is 0 Å². The lowest BCUT2D eigenvalue weighted by Gasteiger charge is -2.08. The molecule has 0 aromatic carbocycles. The lowest BCUT2D eigenvalue weighted by molar-refractivity contribution is 0.155. The zero-order chi connectivity index (χ0) is 7.84. The molecule has 2 rings (SSSR count). The van der Waals surface area contributed by atoms with Gasteiger partial charge in [0.25, 0.3) is 0 Å². The molecule has 2 nitrogen and oxygen atoms in total. The van der Waals surface area contributed by atoms with Crippen molar-refractivity contribution in [1.82, 2.24) is 5.32 Å². The molecule has 0 spiro atoms. The third-order valence-electron chi connectivity index (χ3n) is 2.71. The standard InChI is InChI=1S/C9H17NO/c1-6(2)3-10-9-7-4-11-5-8(7)9/h6-10H,3-5H2,1-2H3/t7-,8-/m1/s1. The van der Waals surface area contributed by atoms with Gasteiger partial charge in [0.05, 0.1) is 13.2 Å².